The largest absolute Gasteiger partial charge is 0.393 e. The van der Waals surface area contributed by atoms with Gasteiger partial charge in [0.05, 0.1) is 11.0 Å². The third-order valence-electron chi connectivity index (χ3n) is 2.75. The highest BCUT2D eigenvalue weighted by molar-refractivity contribution is 7.91. The summed E-state index contributed by atoms with van der Waals surface area (Å²) in [6.07, 6.45) is -0.318. The summed E-state index contributed by atoms with van der Waals surface area (Å²) in [4.78, 5) is 10.3. The summed E-state index contributed by atoms with van der Waals surface area (Å²) in [5.41, 5.74) is -0.246. The Morgan fingerprint density at radius 3 is 2.67 bits per heavy atom. The van der Waals surface area contributed by atoms with Crippen molar-refractivity contribution in [2.24, 2.45) is 0 Å². The Morgan fingerprint density at radius 2 is 2.19 bits per heavy atom. The highest BCUT2D eigenvalue weighted by Gasteiger charge is 2.29. The lowest BCUT2D eigenvalue weighted by atomic mass is 10.3. The number of nitro groups is 1. The Morgan fingerprint density at radius 1 is 1.57 bits per heavy atom. The lowest BCUT2D eigenvalue weighted by molar-refractivity contribution is -0.383. The van der Waals surface area contributed by atoms with Crippen molar-refractivity contribution < 1.29 is 18.4 Å². The molecular weight excluding hydrogens is 318 g/mol. The van der Waals surface area contributed by atoms with E-state index in [4.69, 9.17) is 0 Å². The summed E-state index contributed by atoms with van der Waals surface area (Å²) < 4.78 is 25.7. The molecule has 0 amide bonds. The van der Waals surface area contributed by atoms with E-state index in [2.05, 4.69) is 5.32 Å². The molecule has 0 spiro atoms. The van der Waals surface area contributed by atoms with Crippen LogP contribution in [0.1, 0.15) is 20.3 Å². The summed E-state index contributed by atoms with van der Waals surface area (Å²) >= 11 is 0.837. The normalized spacial score (nSPS) is 13.4. The first-order chi connectivity index (χ1) is 9.70. The molecule has 21 heavy (non-hydrogen) atoms. The van der Waals surface area contributed by atoms with E-state index in [1.54, 1.807) is 13.8 Å². The summed E-state index contributed by atoms with van der Waals surface area (Å²) in [6, 6.07) is 1.07. The molecule has 1 unspecified atom stereocenters. The number of rotatable bonds is 8. The van der Waals surface area contributed by atoms with E-state index in [0.29, 0.717) is 13.0 Å². The van der Waals surface area contributed by atoms with Crippen molar-refractivity contribution in [1.82, 2.24) is 4.31 Å². The number of nitrogens with one attached hydrogen (secondary N) is 1. The van der Waals surface area contributed by atoms with Gasteiger partial charge in [-0.3, -0.25) is 10.1 Å². The molecule has 0 aliphatic rings. The van der Waals surface area contributed by atoms with Gasteiger partial charge in [-0.1, -0.05) is 11.3 Å². The van der Waals surface area contributed by atoms with Crippen LogP contribution in [-0.2, 0) is 10.0 Å². The van der Waals surface area contributed by atoms with Crippen molar-refractivity contribution in [2.45, 2.75) is 30.6 Å². The molecule has 1 rings (SSSR count). The lowest BCUT2D eigenvalue weighted by Gasteiger charge is -2.16. The van der Waals surface area contributed by atoms with Gasteiger partial charge in [0.1, 0.15) is 4.21 Å². The summed E-state index contributed by atoms with van der Waals surface area (Å²) in [5, 5.41) is 23.2. The fraction of sp³-hybridized carbons (Fsp3) is 0.636. The van der Waals surface area contributed by atoms with E-state index >= 15 is 0 Å². The van der Waals surface area contributed by atoms with Gasteiger partial charge in [-0.25, -0.2) is 12.7 Å². The number of anilines is 1. The lowest BCUT2D eigenvalue weighted by Crippen LogP contribution is -2.29. The molecule has 0 aliphatic carbocycles. The van der Waals surface area contributed by atoms with Crippen LogP contribution in [0.25, 0.3) is 0 Å². The molecule has 1 heterocycles. The fourth-order valence-electron chi connectivity index (χ4n) is 1.55. The topological polar surface area (TPSA) is 113 Å². The molecule has 1 aromatic heterocycles. The SMILES string of the molecule is CCNc1sc(S(=O)(=O)N(C)CCC(C)O)cc1[N+](=O)[O-]. The first kappa shape index (κ1) is 17.8. The average molecular weight is 337 g/mol. The van der Waals surface area contributed by atoms with E-state index in [-0.39, 0.29) is 21.4 Å². The first-order valence-electron chi connectivity index (χ1n) is 6.36. The maximum absolute atomic E-state index is 12.3. The van der Waals surface area contributed by atoms with Gasteiger partial charge in [-0.2, -0.15) is 0 Å². The summed E-state index contributed by atoms with van der Waals surface area (Å²) in [5.74, 6) is 0. The Labute approximate surface area is 127 Å². The molecule has 0 saturated carbocycles. The molecule has 120 valence electrons. The van der Waals surface area contributed by atoms with Crippen molar-refractivity contribution in [3.63, 3.8) is 0 Å². The predicted molar refractivity (Wildman–Crippen MR) is 81.3 cm³/mol. The molecule has 10 heteroatoms. The Bertz CT molecular complexity index is 597. The van der Waals surface area contributed by atoms with Crippen LogP contribution in [0.3, 0.4) is 0 Å². The Hall–Kier alpha value is -1.23. The number of hydrogen-bond acceptors (Lipinski definition) is 7. The van der Waals surface area contributed by atoms with Gasteiger partial charge in [0.2, 0.25) is 0 Å². The van der Waals surface area contributed by atoms with Crippen molar-refractivity contribution in [3.05, 3.63) is 16.2 Å². The van der Waals surface area contributed by atoms with Crippen LogP contribution in [0.2, 0.25) is 0 Å². The molecule has 0 bridgehead atoms. The second-order valence-electron chi connectivity index (χ2n) is 4.53. The quantitative estimate of drug-likeness (QED) is 0.549. The van der Waals surface area contributed by atoms with Crippen molar-refractivity contribution in [2.75, 3.05) is 25.5 Å². The Balaban J connectivity index is 3.08. The van der Waals surface area contributed by atoms with E-state index in [1.807, 2.05) is 0 Å². The van der Waals surface area contributed by atoms with Crippen LogP contribution in [0.5, 0.6) is 0 Å². The van der Waals surface area contributed by atoms with E-state index in [1.165, 1.54) is 7.05 Å². The summed E-state index contributed by atoms with van der Waals surface area (Å²) in [7, 11) is -2.41. The van der Waals surface area contributed by atoms with Crippen molar-refractivity contribution in [3.8, 4) is 0 Å². The molecular formula is C11H19N3O5S2. The van der Waals surface area contributed by atoms with Gasteiger partial charge in [-0.15, -0.1) is 0 Å². The van der Waals surface area contributed by atoms with Gasteiger partial charge in [0, 0.05) is 26.2 Å². The molecule has 8 nitrogen and oxygen atoms in total. The van der Waals surface area contributed by atoms with Crippen LogP contribution >= 0.6 is 11.3 Å². The minimum Gasteiger partial charge on any atom is -0.393 e. The maximum Gasteiger partial charge on any atom is 0.304 e. The van der Waals surface area contributed by atoms with Gasteiger partial charge in [0.25, 0.3) is 10.0 Å². The monoisotopic (exact) mass is 337 g/mol. The predicted octanol–water partition coefficient (Wildman–Crippen LogP) is 1.48. The number of nitrogens with zero attached hydrogens (tertiary/aromatic N) is 2. The van der Waals surface area contributed by atoms with Gasteiger partial charge in [-0.05, 0) is 20.3 Å². The maximum atomic E-state index is 12.3. The number of thiophene rings is 1. The molecule has 0 fully saturated rings. The first-order valence-corrected chi connectivity index (χ1v) is 8.62. The van der Waals surface area contributed by atoms with Gasteiger partial charge in [0.15, 0.2) is 5.00 Å². The number of sulfonamides is 1. The minimum absolute atomic E-state index is 0.0850. The third kappa shape index (κ3) is 4.37. The van der Waals surface area contributed by atoms with Crippen LogP contribution in [-0.4, -0.2) is 49.0 Å². The Kier molecular flexibility index (Phi) is 6.08. The molecule has 0 aliphatic heterocycles. The third-order valence-corrected chi connectivity index (χ3v) is 6.14. The van der Waals surface area contributed by atoms with Gasteiger partial charge < -0.3 is 10.4 Å². The minimum atomic E-state index is -3.79. The second-order valence-corrected chi connectivity index (χ2v) is 7.86. The van der Waals surface area contributed by atoms with Crippen LogP contribution in [0.15, 0.2) is 10.3 Å². The molecule has 1 aromatic rings. The molecule has 2 N–H and O–H groups in total. The van der Waals surface area contributed by atoms with E-state index in [9.17, 15) is 23.6 Å². The van der Waals surface area contributed by atoms with Crippen LogP contribution in [0.4, 0.5) is 10.7 Å². The fourth-order valence-corrected chi connectivity index (χ4v) is 4.34. The molecule has 0 aromatic carbocycles. The smallest absolute Gasteiger partial charge is 0.304 e. The average Bonchev–Trinajstić information content (AvgIpc) is 2.81. The highest BCUT2D eigenvalue weighted by Crippen LogP contribution is 2.37. The standard InChI is InChI=1S/C11H19N3O5S2/c1-4-12-11-9(14(16)17)7-10(20-11)21(18,19)13(3)6-5-8(2)15/h7-8,12,15H,4-6H2,1-3H3. The highest BCUT2D eigenvalue weighted by atomic mass is 32.2. The number of hydrogen-bond donors (Lipinski definition) is 2. The molecule has 0 saturated heterocycles. The molecule has 1 atom stereocenters. The molecule has 0 radical (unpaired) electrons. The zero-order valence-corrected chi connectivity index (χ0v) is 13.7. The van der Waals surface area contributed by atoms with E-state index in [0.717, 1.165) is 21.7 Å². The summed E-state index contributed by atoms with van der Waals surface area (Å²) in [6.45, 7) is 3.94. The van der Waals surface area contributed by atoms with Gasteiger partial charge >= 0.3 is 5.69 Å². The van der Waals surface area contributed by atoms with Crippen LogP contribution in [0, 0.1) is 10.1 Å². The van der Waals surface area contributed by atoms with Crippen LogP contribution < -0.4 is 5.32 Å². The number of aliphatic hydroxyl groups excluding tert-OH is 1. The zero-order chi connectivity index (χ0) is 16.2. The van der Waals surface area contributed by atoms with Crippen molar-refractivity contribution in [1.29, 1.82) is 0 Å². The van der Waals surface area contributed by atoms with E-state index < -0.39 is 21.1 Å². The zero-order valence-electron chi connectivity index (χ0n) is 12.1. The van der Waals surface area contributed by atoms with Crippen molar-refractivity contribution >= 4 is 32.0 Å². The second kappa shape index (κ2) is 7.16. The number of aliphatic hydroxyl groups is 1.